The van der Waals surface area contributed by atoms with Crippen LogP contribution in [-0.4, -0.2) is 65.2 Å². The van der Waals surface area contributed by atoms with Gasteiger partial charge in [0.25, 0.3) is 5.91 Å². The Kier molecular flexibility index (Phi) is 4.81. The Hall–Kier alpha value is -1.79. The van der Waals surface area contributed by atoms with Gasteiger partial charge in [-0.05, 0) is 31.2 Å². The van der Waals surface area contributed by atoms with Gasteiger partial charge in [0.05, 0.1) is 0 Å². The van der Waals surface area contributed by atoms with Crippen LogP contribution in [-0.2, 0) is 0 Å². The second-order valence-corrected chi connectivity index (χ2v) is 4.98. The van der Waals surface area contributed by atoms with E-state index in [1.165, 1.54) is 18.2 Å². The molecule has 1 aromatic carbocycles. The van der Waals surface area contributed by atoms with Gasteiger partial charge >= 0.3 is 0 Å². The Morgan fingerprint density at radius 2 is 1.95 bits per heavy atom. The van der Waals surface area contributed by atoms with Crippen molar-refractivity contribution in [3.05, 3.63) is 23.8 Å². The number of nitrogens with zero attached hydrogens (tertiary/aromatic N) is 2. The Labute approximate surface area is 118 Å². The summed E-state index contributed by atoms with van der Waals surface area (Å²) in [5, 5.41) is 18.8. The van der Waals surface area contributed by atoms with E-state index >= 15 is 0 Å². The summed E-state index contributed by atoms with van der Waals surface area (Å²) < 4.78 is 0. The Morgan fingerprint density at radius 3 is 2.65 bits per heavy atom. The van der Waals surface area contributed by atoms with Crippen molar-refractivity contribution in [1.29, 1.82) is 0 Å². The highest BCUT2D eigenvalue weighted by Crippen LogP contribution is 2.25. The third-order valence-electron chi connectivity index (χ3n) is 3.54. The molecular weight excluding hydrogens is 258 g/mol. The van der Waals surface area contributed by atoms with Crippen molar-refractivity contribution < 1.29 is 15.0 Å². The fraction of sp³-hybridized carbons (Fsp3) is 0.500. The SMILES string of the molecule is NCCN1CCCN(C(=O)c2ccc(O)c(O)c2)CC1. The molecule has 0 radical (unpaired) electrons. The van der Waals surface area contributed by atoms with Crippen molar-refractivity contribution in [2.24, 2.45) is 5.73 Å². The number of phenolic OH excluding ortho intramolecular Hbond substituents is 2. The van der Waals surface area contributed by atoms with Crippen molar-refractivity contribution in [2.45, 2.75) is 6.42 Å². The predicted octanol–water partition coefficient (Wildman–Crippen LogP) is 0.204. The van der Waals surface area contributed by atoms with Crippen LogP contribution in [0.4, 0.5) is 0 Å². The molecular formula is C14H21N3O3. The van der Waals surface area contributed by atoms with Crippen LogP contribution in [0.5, 0.6) is 11.5 Å². The predicted molar refractivity (Wildman–Crippen MR) is 75.8 cm³/mol. The lowest BCUT2D eigenvalue weighted by atomic mass is 10.1. The van der Waals surface area contributed by atoms with Gasteiger partial charge in [-0.25, -0.2) is 0 Å². The lowest BCUT2D eigenvalue weighted by molar-refractivity contribution is 0.0761. The summed E-state index contributed by atoms with van der Waals surface area (Å²) in [6.45, 7) is 4.58. The number of amides is 1. The van der Waals surface area contributed by atoms with Gasteiger partial charge in [-0.15, -0.1) is 0 Å². The molecule has 1 aliphatic rings. The second-order valence-electron chi connectivity index (χ2n) is 4.98. The molecule has 1 fully saturated rings. The van der Waals surface area contributed by atoms with Crippen LogP contribution in [0.2, 0.25) is 0 Å². The Balaban J connectivity index is 2.03. The Bertz CT molecular complexity index is 479. The molecule has 2 rings (SSSR count). The molecule has 1 saturated heterocycles. The van der Waals surface area contributed by atoms with Gasteiger partial charge in [0.15, 0.2) is 11.5 Å². The zero-order chi connectivity index (χ0) is 14.5. The monoisotopic (exact) mass is 279 g/mol. The van der Waals surface area contributed by atoms with Crippen LogP contribution in [0.25, 0.3) is 0 Å². The van der Waals surface area contributed by atoms with Crippen LogP contribution in [0.3, 0.4) is 0 Å². The van der Waals surface area contributed by atoms with Gasteiger partial charge < -0.3 is 25.7 Å². The molecule has 4 N–H and O–H groups in total. The first-order valence-electron chi connectivity index (χ1n) is 6.85. The second kappa shape index (κ2) is 6.58. The lowest BCUT2D eigenvalue weighted by Crippen LogP contribution is -2.36. The summed E-state index contributed by atoms with van der Waals surface area (Å²) in [7, 11) is 0. The molecule has 0 saturated carbocycles. The van der Waals surface area contributed by atoms with Gasteiger partial charge in [-0.3, -0.25) is 4.79 Å². The first kappa shape index (κ1) is 14.6. The van der Waals surface area contributed by atoms with Gasteiger partial charge in [-0.1, -0.05) is 0 Å². The number of carbonyl (C=O) groups is 1. The number of hydrogen-bond acceptors (Lipinski definition) is 5. The third-order valence-corrected chi connectivity index (χ3v) is 3.54. The zero-order valence-electron chi connectivity index (χ0n) is 11.5. The number of rotatable bonds is 3. The molecule has 0 unspecified atom stereocenters. The average Bonchev–Trinajstić information content (AvgIpc) is 2.67. The van der Waals surface area contributed by atoms with Crippen LogP contribution < -0.4 is 5.73 Å². The minimum absolute atomic E-state index is 0.116. The average molecular weight is 279 g/mol. The Morgan fingerprint density at radius 1 is 1.15 bits per heavy atom. The van der Waals surface area contributed by atoms with E-state index in [0.29, 0.717) is 25.2 Å². The largest absolute Gasteiger partial charge is 0.504 e. The van der Waals surface area contributed by atoms with Crippen molar-refractivity contribution in [3.63, 3.8) is 0 Å². The van der Waals surface area contributed by atoms with Crippen LogP contribution in [0.15, 0.2) is 18.2 Å². The maximum absolute atomic E-state index is 12.4. The number of phenols is 2. The van der Waals surface area contributed by atoms with E-state index in [2.05, 4.69) is 4.90 Å². The third kappa shape index (κ3) is 3.40. The molecule has 6 nitrogen and oxygen atoms in total. The minimum Gasteiger partial charge on any atom is -0.504 e. The highest BCUT2D eigenvalue weighted by atomic mass is 16.3. The van der Waals surface area contributed by atoms with Gasteiger partial charge in [0.2, 0.25) is 0 Å². The number of nitrogens with two attached hydrogens (primary N) is 1. The number of benzene rings is 1. The van der Waals surface area contributed by atoms with E-state index in [1.54, 1.807) is 4.90 Å². The summed E-state index contributed by atoms with van der Waals surface area (Å²) in [4.78, 5) is 16.4. The fourth-order valence-corrected chi connectivity index (χ4v) is 2.42. The molecule has 1 aromatic rings. The minimum atomic E-state index is -0.268. The number of aromatic hydroxyl groups is 2. The maximum atomic E-state index is 12.4. The van der Waals surface area contributed by atoms with Gasteiger partial charge in [0, 0.05) is 38.3 Å². The maximum Gasteiger partial charge on any atom is 0.254 e. The topological polar surface area (TPSA) is 90.0 Å². The van der Waals surface area contributed by atoms with Crippen molar-refractivity contribution in [1.82, 2.24) is 9.80 Å². The summed E-state index contributed by atoms with van der Waals surface area (Å²) >= 11 is 0. The van der Waals surface area contributed by atoms with E-state index in [0.717, 1.165) is 26.1 Å². The molecule has 110 valence electrons. The van der Waals surface area contributed by atoms with Crippen LogP contribution in [0.1, 0.15) is 16.8 Å². The van der Waals surface area contributed by atoms with Crippen LogP contribution in [0, 0.1) is 0 Å². The molecule has 1 aliphatic heterocycles. The van der Waals surface area contributed by atoms with E-state index in [-0.39, 0.29) is 17.4 Å². The van der Waals surface area contributed by atoms with E-state index in [1.807, 2.05) is 0 Å². The van der Waals surface area contributed by atoms with E-state index < -0.39 is 0 Å². The summed E-state index contributed by atoms with van der Waals surface area (Å²) in [6, 6.07) is 4.17. The summed E-state index contributed by atoms with van der Waals surface area (Å²) in [5.41, 5.74) is 5.95. The highest BCUT2D eigenvalue weighted by Gasteiger charge is 2.20. The molecule has 0 spiro atoms. The molecule has 0 aliphatic carbocycles. The normalized spacial score (nSPS) is 16.9. The van der Waals surface area contributed by atoms with Crippen molar-refractivity contribution in [2.75, 3.05) is 39.3 Å². The van der Waals surface area contributed by atoms with E-state index in [9.17, 15) is 15.0 Å². The molecule has 6 heteroatoms. The molecule has 0 aromatic heterocycles. The molecule has 1 heterocycles. The summed E-state index contributed by atoms with van der Waals surface area (Å²) in [6.07, 6.45) is 0.913. The molecule has 1 amide bonds. The van der Waals surface area contributed by atoms with E-state index in [4.69, 9.17) is 5.73 Å². The zero-order valence-corrected chi connectivity index (χ0v) is 11.5. The molecule has 20 heavy (non-hydrogen) atoms. The smallest absolute Gasteiger partial charge is 0.254 e. The molecule has 0 atom stereocenters. The fourth-order valence-electron chi connectivity index (χ4n) is 2.42. The lowest BCUT2D eigenvalue weighted by Gasteiger charge is -2.21. The van der Waals surface area contributed by atoms with Crippen molar-refractivity contribution >= 4 is 5.91 Å². The van der Waals surface area contributed by atoms with Gasteiger partial charge in [-0.2, -0.15) is 0 Å². The quantitative estimate of drug-likeness (QED) is 0.688. The standard InChI is InChI=1S/C14H21N3O3/c15-4-7-16-5-1-6-17(9-8-16)14(20)11-2-3-12(18)13(19)10-11/h2-3,10,18-19H,1,4-9,15H2. The van der Waals surface area contributed by atoms with Crippen LogP contribution >= 0.6 is 0 Å². The summed E-state index contributed by atoms with van der Waals surface area (Å²) in [5.74, 6) is -0.600. The first-order valence-corrected chi connectivity index (χ1v) is 6.85. The van der Waals surface area contributed by atoms with Crippen molar-refractivity contribution in [3.8, 4) is 11.5 Å². The highest BCUT2D eigenvalue weighted by molar-refractivity contribution is 5.94. The first-order chi connectivity index (χ1) is 9.61. The number of carbonyl (C=O) groups excluding carboxylic acids is 1. The van der Waals surface area contributed by atoms with Gasteiger partial charge in [0.1, 0.15) is 0 Å². The number of hydrogen-bond donors (Lipinski definition) is 3. The molecule has 0 bridgehead atoms.